The molecule has 0 amide bonds. The maximum Gasteiger partial charge on any atom is 0.303 e. The first-order chi connectivity index (χ1) is 7.59. The lowest BCUT2D eigenvalue weighted by Gasteiger charge is -2.21. The summed E-state index contributed by atoms with van der Waals surface area (Å²) >= 11 is 0. The van der Waals surface area contributed by atoms with Gasteiger partial charge in [-0.15, -0.1) is 0 Å². The molecule has 1 aliphatic rings. The number of hydrogen-bond acceptors (Lipinski definition) is 2. The third-order valence-electron chi connectivity index (χ3n) is 3.34. The summed E-state index contributed by atoms with van der Waals surface area (Å²) in [6.07, 6.45) is 1.89. The Morgan fingerprint density at radius 1 is 1.56 bits per heavy atom. The molecule has 1 aromatic rings. The summed E-state index contributed by atoms with van der Waals surface area (Å²) in [5.74, 6) is -0.730. The van der Waals surface area contributed by atoms with Crippen molar-refractivity contribution in [1.82, 2.24) is 0 Å². The Hall–Kier alpha value is -1.51. The van der Waals surface area contributed by atoms with Crippen LogP contribution in [-0.4, -0.2) is 24.2 Å². The van der Waals surface area contributed by atoms with Gasteiger partial charge in [0.2, 0.25) is 0 Å². The van der Waals surface area contributed by atoms with Crippen LogP contribution in [-0.2, 0) is 17.6 Å². The monoisotopic (exact) mass is 219 g/mol. The fraction of sp³-hybridized carbons (Fsp3) is 0.462. The van der Waals surface area contributed by atoms with Gasteiger partial charge in [0.15, 0.2) is 0 Å². The van der Waals surface area contributed by atoms with Crippen molar-refractivity contribution >= 4 is 11.7 Å². The second-order valence-electron chi connectivity index (χ2n) is 4.48. The molecule has 0 bridgehead atoms. The number of aliphatic carboxylic acids is 1. The quantitative estimate of drug-likeness (QED) is 0.846. The predicted octanol–water partition coefficient (Wildman–Crippen LogP) is 2.08. The zero-order chi connectivity index (χ0) is 11.7. The van der Waals surface area contributed by atoms with Gasteiger partial charge >= 0.3 is 5.97 Å². The highest BCUT2D eigenvalue weighted by molar-refractivity contribution is 5.69. The van der Waals surface area contributed by atoms with Crippen LogP contribution in [0.15, 0.2) is 18.2 Å². The molecule has 1 aliphatic heterocycles. The molecule has 0 saturated carbocycles. The Kier molecular flexibility index (Phi) is 2.86. The second kappa shape index (κ2) is 4.16. The first-order valence-corrected chi connectivity index (χ1v) is 5.65. The second-order valence-corrected chi connectivity index (χ2v) is 4.48. The van der Waals surface area contributed by atoms with Crippen LogP contribution in [0.2, 0.25) is 0 Å². The lowest BCUT2D eigenvalue weighted by Crippen LogP contribution is -2.24. The number of rotatable bonds is 3. The molecular formula is C13H17NO2. The molecule has 0 radical (unpaired) electrons. The molecule has 0 aromatic heterocycles. The number of carboxylic acid groups (broad SMARTS) is 1. The average molecular weight is 219 g/mol. The molecule has 16 heavy (non-hydrogen) atoms. The average Bonchev–Trinajstić information content (AvgIpc) is 2.52. The molecule has 1 unspecified atom stereocenters. The number of carboxylic acids is 1. The highest BCUT2D eigenvalue weighted by Gasteiger charge is 2.24. The topological polar surface area (TPSA) is 40.5 Å². The van der Waals surface area contributed by atoms with Gasteiger partial charge in [-0.2, -0.15) is 0 Å². The van der Waals surface area contributed by atoms with Crippen LogP contribution in [0.25, 0.3) is 0 Å². The van der Waals surface area contributed by atoms with E-state index in [1.165, 1.54) is 11.3 Å². The number of fused-ring (bicyclic) bond motifs is 1. The molecule has 0 aliphatic carbocycles. The highest BCUT2D eigenvalue weighted by Crippen LogP contribution is 2.34. The molecule has 86 valence electrons. The van der Waals surface area contributed by atoms with Gasteiger partial charge in [-0.25, -0.2) is 0 Å². The molecule has 1 N–H and O–H groups in total. The first-order valence-electron chi connectivity index (χ1n) is 5.65. The standard InChI is InChI=1S/C13H17NO2/c1-9-8-11-5-3-4-10(6-7-12(15)16)13(11)14(9)2/h3-5,9H,6-8H2,1-2H3,(H,15,16). The maximum absolute atomic E-state index is 10.6. The Balaban J connectivity index is 2.27. The summed E-state index contributed by atoms with van der Waals surface area (Å²) in [5, 5.41) is 8.73. The van der Waals surface area contributed by atoms with Crippen molar-refractivity contribution in [1.29, 1.82) is 0 Å². The number of aryl methyl sites for hydroxylation is 1. The van der Waals surface area contributed by atoms with Gasteiger partial charge in [0.05, 0.1) is 0 Å². The molecule has 2 rings (SSSR count). The van der Waals surface area contributed by atoms with E-state index in [-0.39, 0.29) is 6.42 Å². The predicted molar refractivity (Wildman–Crippen MR) is 64.0 cm³/mol. The van der Waals surface area contributed by atoms with Crippen molar-refractivity contribution < 1.29 is 9.90 Å². The Morgan fingerprint density at radius 2 is 2.31 bits per heavy atom. The fourth-order valence-corrected chi connectivity index (χ4v) is 2.38. The molecule has 0 fully saturated rings. The van der Waals surface area contributed by atoms with Crippen LogP contribution < -0.4 is 4.90 Å². The van der Waals surface area contributed by atoms with E-state index in [2.05, 4.69) is 24.9 Å². The summed E-state index contributed by atoms with van der Waals surface area (Å²) in [5.41, 5.74) is 3.75. The fourth-order valence-electron chi connectivity index (χ4n) is 2.38. The number of benzene rings is 1. The lowest BCUT2D eigenvalue weighted by atomic mass is 10.0. The molecule has 1 heterocycles. The van der Waals surface area contributed by atoms with Gasteiger partial charge in [0.25, 0.3) is 0 Å². The number of hydrogen-bond donors (Lipinski definition) is 1. The molecule has 0 saturated heterocycles. The summed E-state index contributed by atoms with van der Waals surface area (Å²) in [7, 11) is 2.08. The van der Waals surface area contributed by atoms with Gasteiger partial charge in [-0.1, -0.05) is 18.2 Å². The van der Waals surface area contributed by atoms with Gasteiger partial charge in [-0.3, -0.25) is 4.79 Å². The molecule has 0 spiro atoms. The van der Waals surface area contributed by atoms with Crippen LogP contribution in [0.4, 0.5) is 5.69 Å². The van der Waals surface area contributed by atoms with Crippen LogP contribution in [0.3, 0.4) is 0 Å². The third-order valence-corrected chi connectivity index (χ3v) is 3.34. The largest absolute Gasteiger partial charge is 0.481 e. The van der Waals surface area contributed by atoms with Crippen LogP contribution in [0.1, 0.15) is 24.5 Å². The van der Waals surface area contributed by atoms with Gasteiger partial charge in [-0.05, 0) is 30.9 Å². The Morgan fingerprint density at radius 3 is 3.00 bits per heavy atom. The van der Waals surface area contributed by atoms with E-state index in [4.69, 9.17) is 5.11 Å². The zero-order valence-corrected chi connectivity index (χ0v) is 9.73. The van der Waals surface area contributed by atoms with Crippen molar-refractivity contribution in [2.24, 2.45) is 0 Å². The van der Waals surface area contributed by atoms with Crippen molar-refractivity contribution in [3.05, 3.63) is 29.3 Å². The molecule has 3 nitrogen and oxygen atoms in total. The van der Waals surface area contributed by atoms with E-state index in [0.29, 0.717) is 12.5 Å². The number of nitrogens with zero attached hydrogens (tertiary/aromatic N) is 1. The minimum absolute atomic E-state index is 0.207. The summed E-state index contributed by atoms with van der Waals surface area (Å²) in [6, 6.07) is 6.72. The number of carbonyl (C=O) groups is 1. The Bertz CT molecular complexity index is 414. The van der Waals surface area contributed by atoms with Gasteiger partial charge in [0, 0.05) is 25.2 Å². The van der Waals surface area contributed by atoms with Gasteiger partial charge in [0.1, 0.15) is 0 Å². The van der Waals surface area contributed by atoms with E-state index in [1.54, 1.807) is 0 Å². The highest BCUT2D eigenvalue weighted by atomic mass is 16.4. The zero-order valence-electron chi connectivity index (χ0n) is 9.73. The summed E-state index contributed by atoms with van der Waals surface area (Å²) in [4.78, 5) is 12.9. The first kappa shape index (κ1) is 11.0. The van der Waals surface area contributed by atoms with Crippen molar-refractivity contribution in [2.45, 2.75) is 32.2 Å². The van der Waals surface area contributed by atoms with Crippen LogP contribution in [0, 0.1) is 0 Å². The number of likely N-dealkylation sites (N-methyl/N-ethyl adjacent to an activating group) is 1. The van der Waals surface area contributed by atoms with E-state index in [0.717, 1.165) is 12.0 Å². The maximum atomic E-state index is 10.6. The van der Waals surface area contributed by atoms with Crippen LogP contribution >= 0.6 is 0 Å². The van der Waals surface area contributed by atoms with Crippen molar-refractivity contribution in [2.75, 3.05) is 11.9 Å². The van der Waals surface area contributed by atoms with Crippen LogP contribution in [0.5, 0.6) is 0 Å². The SMILES string of the molecule is CC1Cc2cccc(CCC(=O)O)c2N1C. The van der Waals surface area contributed by atoms with E-state index in [1.807, 2.05) is 12.1 Å². The Labute approximate surface area is 95.7 Å². The molecule has 1 atom stereocenters. The number of para-hydroxylation sites is 1. The minimum atomic E-state index is -0.730. The van der Waals surface area contributed by atoms with E-state index < -0.39 is 5.97 Å². The lowest BCUT2D eigenvalue weighted by molar-refractivity contribution is -0.136. The molecule has 3 heteroatoms. The van der Waals surface area contributed by atoms with Crippen molar-refractivity contribution in [3.63, 3.8) is 0 Å². The molecule has 1 aromatic carbocycles. The minimum Gasteiger partial charge on any atom is -0.481 e. The summed E-state index contributed by atoms with van der Waals surface area (Å²) < 4.78 is 0. The number of anilines is 1. The van der Waals surface area contributed by atoms with Gasteiger partial charge < -0.3 is 10.0 Å². The molecular weight excluding hydrogens is 202 g/mol. The van der Waals surface area contributed by atoms with Crippen molar-refractivity contribution in [3.8, 4) is 0 Å². The summed E-state index contributed by atoms with van der Waals surface area (Å²) in [6.45, 7) is 2.20. The smallest absolute Gasteiger partial charge is 0.303 e. The third kappa shape index (κ3) is 1.90. The normalized spacial score (nSPS) is 18.6. The van der Waals surface area contributed by atoms with E-state index in [9.17, 15) is 4.79 Å². The van der Waals surface area contributed by atoms with E-state index >= 15 is 0 Å².